The Kier molecular flexibility index (Phi) is 5.37. The second kappa shape index (κ2) is 7.36. The largest absolute Gasteiger partial charge is 0.481 e. The molecule has 132 valence electrons. The van der Waals surface area contributed by atoms with Gasteiger partial charge in [-0.3, -0.25) is 9.59 Å². The Bertz CT molecular complexity index is 861. The van der Waals surface area contributed by atoms with Crippen molar-refractivity contribution in [2.75, 3.05) is 13.1 Å². The molecule has 25 heavy (non-hydrogen) atoms. The maximum absolute atomic E-state index is 12.4. The first-order valence-electron chi connectivity index (χ1n) is 7.93. The fourth-order valence-corrected chi connectivity index (χ4v) is 4.61. The maximum Gasteiger partial charge on any atom is 0.306 e. The van der Waals surface area contributed by atoms with E-state index in [9.17, 15) is 9.59 Å². The van der Waals surface area contributed by atoms with Crippen molar-refractivity contribution in [1.82, 2.24) is 4.90 Å². The average Bonchev–Trinajstić information content (AvgIpc) is 3.04. The predicted molar refractivity (Wildman–Crippen MR) is 102 cm³/mol. The van der Waals surface area contributed by atoms with Crippen LogP contribution in [0.5, 0.6) is 0 Å². The van der Waals surface area contributed by atoms with Gasteiger partial charge in [0.25, 0.3) is 0 Å². The third-order valence-corrected chi connectivity index (χ3v) is 6.53. The highest BCUT2D eigenvalue weighted by atomic mass is 35.5. The number of aliphatic carboxylic acids is 1. The molecule has 4 nitrogen and oxygen atoms in total. The Morgan fingerprint density at radius 1 is 1.36 bits per heavy atom. The molecular formula is C18H17Cl2NO3S. The third kappa shape index (κ3) is 3.68. The molecule has 1 aromatic heterocycles. The molecule has 3 rings (SSSR count). The van der Waals surface area contributed by atoms with Crippen LogP contribution in [0.15, 0.2) is 23.6 Å². The lowest BCUT2D eigenvalue weighted by molar-refractivity contribution is -0.147. The van der Waals surface area contributed by atoms with Crippen LogP contribution >= 0.6 is 34.5 Å². The zero-order valence-electron chi connectivity index (χ0n) is 13.5. The first kappa shape index (κ1) is 18.2. The molecule has 2 aromatic rings. The molecule has 0 aliphatic carbocycles. The highest BCUT2D eigenvalue weighted by molar-refractivity contribution is 7.18. The molecule has 1 saturated heterocycles. The molecule has 1 aliphatic rings. The van der Waals surface area contributed by atoms with E-state index < -0.39 is 5.97 Å². The minimum absolute atomic E-state index is 0.0659. The van der Waals surface area contributed by atoms with Crippen molar-refractivity contribution in [3.05, 3.63) is 39.2 Å². The molecule has 2 atom stereocenters. The van der Waals surface area contributed by atoms with E-state index in [1.54, 1.807) is 11.0 Å². The topological polar surface area (TPSA) is 57.6 Å². The molecule has 0 spiro atoms. The smallest absolute Gasteiger partial charge is 0.306 e. The van der Waals surface area contributed by atoms with E-state index in [0.717, 1.165) is 10.1 Å². The van der Waals surface area contributed by atoms with E-state index >= 15 is 0 Å². The number of benzene rings is 1. The van der Waals surface area contributed by atoms with Gasteiger partial charge in [-0.25, -0.2) is 0 Å². The lowest BCUT2D eigenvalue weighted by Crippen LogP contribution is -2.44. The monoisotopic (exact) mass is 397 g/mol. The van der Waals surface area contributed by atoms with Crippen LogP contribution in [0.3, 0.4) is 0 Å². The summed E-state index contributed by atoms with van der Waals surface area (Å²) in [6.07, 6.45) is 3.62. The number of amides is 1. The van der Waals surface area contributed by atoms with E-state index in [4.69, 9.17) is 28.3 Å². The van der Waals surface area contributed by atoms with E-state index in [2.05, 4.69) is 0 Å². The van der Waals surface area contributed by atoms with E-state index in [1.807, 2.05) is 24.4 Å². The van der Waals surface area contributed by atoms with Gasteiger partial charge in [-0.2, -0.15) is 0 Å². The SMILES string of the molecule is CC1CN(C(=O)C=Cc2cc3ccsc3c(Cl)c2Cl)CCC1C(=O)O. The molecule has 0 bridgehead atoms. The molecule has 0 saturated carbocycles. The van der Waals surface area contributed by atoms with Crippen LogP contribution in [0.25, 0.3) is 16.2 Å². The molecule has 0 radical (unpaired) electrons. The normalized spacial score (nSPS) is 21.2. The Morgan fingerprint density at radius 2 is 2.12 bits per heavy atom. The molecule has 1 N–H and O–H groups in total. The van der Waals surface area contributed by atoms with E-state index in [1.165, 1.54) is 17.4 Å². The van der Waals surface area contributed by atoms with Crippen molar-refractivity contribution in [3.8, 4) is 0 Å². The van der Waals surface area contributed by atoms with Gasteiger partial charge in [0, 0.05) is 19.2 Å². The van der Waals surface area contributed by atoms with Crippen molar-refractivity contribution < 1.29 is 14.7 Å². The summed E-state index contributed by atoms with van der Waals surface area (Å²) in [6.45, 7) is 2.75. The van der Waals surface area contributed by atoms with Gasteiger partial charge in [-0.1, -0.05) is 30.1 Å². The molecule has 1 aromatic carbocycles. The van der Waals surface area contributed by atoms with Crippen LogP contribution in [0.2, 0.25) is 10.0 Å². The molecule has 7 heteroatoms. The second-order valence-electron chi connectivity index (χ2n) is 6.26. The fourth-order valence-electron chi connectivity index (χ4n) is 3.17. The second-order valence-corrected chi connectivity index (χ2v) is 7.93. The molecular weight excluding hydrogens is 381 g/mol. The van der Waals surface area contributed by atoms with E-state index in [0.29, 0.717) is 35.1 Å². The van der Waals surface area contributed by atoms with Crippen LogP contribution in [-0.2, 0) is 9.59 Å². The summed E-state index contributed by atoms with van der Waals surface area (Å²) in [5.74, 6) is -1.39. The number of thiophene rings is 1. The minimum atomic E-state index is -0.791. The number of fused-ring (bicyclic) bond motifs is 1. The van der Waals surface area contributed by atoms with Crippen LogP contribution in [0, 0.1) is 11.8 Å². The Hall–Kier alpha value is -1.56. The van der Waals surface area contributed by atoms with Gasteiger partial charge >= 0.3 is 5.97 Å². The molecule has 2 heterocycles. The number of piperidine rings is 1. The van der Waals surface area contributed by atoms with Crippen molar-refractivity contribution in [2.45, 2.75) is 13.3 Å². The summed E-state index contributed by atoms with van der Waals surface area (Å²) in [5.41, 5.74) is 0.694. The summed E-state index contributed by atoms with van der Waals surface area (Å²) in [5, 5.41) is 13.0. The van der Waals surface area contributed by atoms with Crippen LogP contribution in [0.4, 0.5) is 0 Å². The summed E-state index contributed by atoms with van der Waals surface area (Å²) in [4.78, 5) is 25.3. The van der Waals surface area contributed by atoms with Crippen LogP contribution in [-0.4, -0.2) is 35.0 Å². The molecule has 2 unspecified atom stereocenters. The van der Waals surface area contributed by atoms with Gasteiger partial charge in [0.2, 0.25) is 5.91 Å². The summed E-state index contributed by atoms with van der Waals surface area (Å²) in [6, 6.07) is 3.86. The number of carboxylic acid groups (broad SMARTS) is 1. The van der Waals surface area contributed by atoms with Gasteiger partial charge in [0.15, 0.2) is 0 Å². The fraction of sp³-hybridized carbons (Fsp3) is 0.333. The Morgan fingerprint density at radius 3 is 2.80 bits per heavy atom. The van der Waals surface area contributed by atoms with E-state index in [-0.39, 0.29) is 17.7 Å². The first-order chi connectivity index (χ1) is 11.9. The van der Waals surface area contributed by atoms with Gasteiger partial charge < -0.3 is 10.0 Å². The average molecular weight is 398 g/mol. The number of hydrogen-bond donors (Lipinski definition) is 1. The molecule has 1 fully saturated rings. The first-order valence-corrected chi connectivity index (χ1v) is 9.57. The van der Waals surface area contributed by atoms with Gasteiger partial charge in [-0.05, 0) is 46.9 Å². The predicted octanol–water partition coefficient (Wildman–Crippen LogP) is 4.79. The number of halogens is 2. The number of carboxylic acids is 1. The lowest BCUT2D eigenvalue weighted by Gasteiger charge is -2.34. The Labute approximate surface area is 159 Å². The molecule has 1 amide bonds. The molecule has 1 aliphatic heterocycles. The van der Waals surface area contributed by atoms with Crippen molar-refractivity contribution in [1.29, 1.82) is 0 Å². The number of likely N-dealkylation sites (tertiary alicyclic amines) is 1. The van der Waals surface area contributed by atoms with Crippen LogP contribution in [0.1, 0.15) is 18.9 Å². The Balaban J connectivity index is 1.75. The summed E-state index contributed by atoms with van der Waals surface area (Å²) >= 11 is 14.1. The van der Waals surface area contributed by atoms with Gasteiger partial charge in [-0.15, -0.1) is 11.3 Å². The number of rotatable bonds is 3. The number of hydrogen-bond acceptors (Lipinski definition) is 3. The highest BCUT2D eigenvalue weighted by Crippen LogP contribution is 2.37. The quantitative estimate of drug-likeness (QED) is 0.757. The number of nitrogens with zero attached hydrogens (tertiary/aromatic N) is 1. The zero-order valence-corrected chi connectivity index (χ0v) is 15.9. The van der Waals surface area contributed by atoms with Gasteiger partial charge in [0.1, 0.15) is 0 Å². The maximum atomic E-state index is 12.4. The van der Waals surface area contributed by atoms with Crippen LogP contribution < -0.4 is 0 Å². The van der Waals surface area contributed by atoms with Crippen molar-refractivity contribution >= 4 is 62.6 Å². The summed E-state index contributed by atoms with van der Waals surface area (Å²) < 4.78 is 0.930. The van der Waals surface area contributed by atoms with Crippen molar-refractivity contribution in [2.24, 2.45) is 11.8 Å². The standard InChI is InChI=1S/C18H17Cl2NO3S/c1-10-9-21(6-4-13(10)18(23)24)14(22)3-2-11-8-12-5-7-25-17(12)16(20)15(11)19/h2-3,5,7-8,10,13H,4,6,9H2,1H3,(H,23,24). The van der Waals surface area contributed by atoms with Gasteiger partial charge in [0.05, 0.1) is 20.7 Å². The number of carbonyl (C=O) groups is 2. The third-order valence-electron chi connectivity index (χ3n) is 4.59. The number of carbonyl (C=O) groups excluding carboxylic acids is 1. The lowest BCUT2D eigenvalue weighted by atomic mass is 9.87. The van der Waals surface area contributed by atoms with Crippen molar-refractivity contribution in [3.63, 3.8) is 0 Å². The highest BCUT2D eigenvalue weighted by Gasteiger charge is 2.32. The zero-order chi connectivity index (χ0) is 18.1. The minimum Gasteiger partial charge on any atom is -0.481 e. The summed E-state index contributed by atoms with van der Waals surface area (Å²) in [7, 11) is 0.